The molecule has 6 nitrogen and oxygen atoms in total. The number of fused-ring (bicyclic) bond motifs is 1. The van der Waals surface area contributed by atoms with Gasteiger partial charge in [-0.15, -0.1) is 0 Å². The molecule has 0 aliphatic rings. The number of aryl methyl sites for hydroxylation is 1. The molecule has 0 saturated heterocycles. The van der Waals surface area contributed by atoms with Crippen LogP contribution in [0.5, 0.6) is 5.75 Å². The number of nitrogens with one attached hydrogen (secondary N) is 2. The molecule has 0 bridgehead atoms. The maximum atomic E-state index is 12.6. The number of ether oxygens (including phenoxy) is 1. The van der Waals surface area contributed by atoms with Gasteiger partial charge in [-0.3, -0.25) is 9.59 Å². The first kappa shape index (κ1) is 20.5. The number of aliphatic carboxylic acids is 1. The van der Waals surface area contributed by atoms with Gasteiger partial charge < -0.3 is 20.1 Å². The Balaban J connectivity index is 1.66. The number of carbonyl (C=O) groups excluding carboxylic acids is 1. The zero-order chi connectivity index (χ0) is 20.9. The molecule has 29 heavy (non-hydrogen) atoms. The molecule has 1 amide bonds. The van der Waals surface area contributed by atoms with E-state index in [1.165, 1.54) is 10.9 Å². The van der Waals surface area contributed by atoms with Crippen molar-refractivity contribution in [2.75, 3.05) is 7.11 Å². The van der Waals surface area contributed by atoms with Crippen LogP contribution in [0.25, 0.3) is 10.9 Å². The Kier molecular flexibility index (Phi) is 6.22. The fourth-order valence-corrected chi connectivity index (χ4v) is 3.64. The number of methoxy groups -OCH3 is 1. The molecular formula is C23H26N2O4. The lowest BCUT2D eigenvalue weighted by Crippen LogP contribution is -2.45. The summed E-state index contributed by atoms with van der Waals surface area (Å²) in [6.45, 7) is 1.73. The van der Waals surface area contributed by atoms with Crippen LogP contribution in [0.2, 0.25) is 0 Å². The average Bonchev–Trinajstić information content (AvgIpc) is 3.10. The minimum atomic E-state index is -1.02. The van der Waals surface area contributed by atoms with Crippen LogP contribution in [-0.4, -0.2) is 29.1 Å². The van der Waals surface area contributed by atoms with Crippen molar-refractivity contribution in [1.29, 1.82) is 0 Å². The normalized spacial score (nSPS) is 13.0. The molecule has 0 aliphatic heterocycles. The van der Waals surface area contributed by atoms with E-state index in [-0.39, 0.29) is 12.3 Å². The number of carbonyl (C=O) groups is 2. The van der Waals surface area contributed by atoms with Crippen molar-refractivity contribution in [3.8, 4) is 5.75 Å². The minimum Gasteiger partial charge on any atom is -0.497 e. The number of para-hydroxylation sites is 1. The zero-order valence-electron chi connectivity index (χ0n) is 16.7. The lowest BCUT2D eigenvalue weighted by molar-refractivity contribution is -0.139. The van der Waals surface area contributed by atoms with E-state index in [0.717, 1.165) is 11.9 Å². The highest BCUT2D eigenvalue weighted by molar-refractivity contribution is 5.83. The third-order valence-electron chi connectivity index (χ3n) is 5.15. The molecule has 0 fully saturated rings. The molecule has 0 spiro atoms. The number of hydrogen-bond donors (Lipinski definition) is 3. The smallest absolute Gasteiger partial charge is 0.306 e. The third-order valence-corrected chi connectivity index (χ3v) is 5.15. The second-order valence-corrected chi connectivity index (χ2v) is 7.40. The topological polar surface area (TPSA) is 91.4 Å². The Bertz CT molecular complexity index is 1010. The second-order valence-electron chi connectivity index (χ2n) is 7.40. The van der Waals surface area contributed by atoms with E-state index in [9.17, 15) is 14.7 Å². The van der Waals surface area contributed by atoms with E-state index >= 15 is 0 Å². The van der Waals surface area contributed by atoms with Crippen LogP contribution in [-0.2, 0) is 21.5 Å². The van der Waals surface area contributed by atoms with Crippen molar-refractivity contribution in [3.05, 3.63) is 65.9 Å². The largest absolute Gasteiger partial charge is 0.497 e. The molecule has 1 atom stereocenters. The van der Waals surface area contributed by atoms with Gasteiger partial charge in [-0.25, -0.2) is 0 Å². The Morgan fingerprint density at radius 2 is 1.97 bits per heavy atom. The van der Waals surface area contributed by atoms with Crippen LogP contribution in [0.4, 0.5) is 0 Å². The quantitative estimate of drug-likeness (QED) is 0.511. The first-order valence-electron chi connectivity index (χ1n) is 9.63. The van der Waals surface area contributed by atoms with Gasteiger partial charge in [0.1, 0.15) is 5.75 Å². The van der Waals surface area contributed by atoms with Gasteiger partial charge >= 0.3 is 5.97 Å². The fraction of sp³-hybridized carbons (Fsp3) is 0.304. The molecule has 2 aromatic carbocycles. The summed E-state index contributed by atoms with van der Waals surface area (Å²) >= 11 is 0. The predicted octanol–water partition coefficient (Wildman–Crippen LogP) is 4.01. The molecule has 6 heteroatoms. The van der Waals surface area contributed by atoms with Crippen LogP contribution in [0.15, 0.2) is 54.7 Å². The second kappa shape index (κ2) is 8.82. The molecule has 0 radical (unpaired) electrons. The van der Waals surface area contributed by atoms with Gasteiger partial charge in [-0.2, -0.15) is 0 Å². The molecule has 152 valence electrons. The highest BCUT2D eigenvalue weighted by Crippen LogP contribution is 2.28. The van der Waals surface area contributed by atoms with Crippen molar-refractivity contribution < 1.29 is 19.4 Å². The number of rotatable bonds is 9. The summed E-state index contributed by atoms with van der Waals surface area (Å²) in [5.41, 5.74) is 1.94. The molecule has 0 aliphatic carbocycles. The van der Waals surface area contributed by atoms with Crippen LogP contribution < -0.4 is 10.1 Å². The first-order valence-corrected chi connectivity index (χ1v) is 9.63. The third kappa shape index (κ3) is 4.96. The first-order chi connectivity index (χ1) is 13.9. The van der Waals surface area contributed by atoms with E-state index in [1.54, 1.807) is 38.3 Å². The maximum absolute atomic E-state index is 12.6. The molecule has 3 rings (SSSR count). The average molecular weight is 394 g/mol. The van der Waals surface area contributed by atoms with E-state index < -0.39 is 11.5 Å². The molecule has 3 aromatic rings. The van der Waals surface area contributed by atoms with Crippen molar-refractivity contribution in [3.63, 3.8) is 0 Å². The van der Waals surface area contributed by atoms with Crippen molar-refractivity contribution in [2.24, 2.45) is 0 Å². The summed E-state index contributed by atoms with van der Waals surface area (Å²) in [6.07, 6.45) is 3.53. The zero-order valence-corrected chi connectivity index (χ0v) is 16.7. The molecule has 1 heterocycles. The molecule has 3 N–H and O–H groups in total. The Morgan fingerprint density at radius 1 is 1.17 bits per heavy atom. The molecule has 1 aromatic heterocycles. The van der Waals surface area contributed by atoms with E-state index in [0.29, 0.717) is 24.2 Å². The van der Waals surface area contributed by atoms with Gasteiger partial charge in [0, 0.05) is 23.5 Å². The minimum absolute atomic E-state index is 0.170. The van der Waals surface area contributed by atoms with Gasteiger partial charge in [-0.05, 0) is 49.1 Å². The SMILES string of the molecule is COc1cccc(C(C)(CC(=O)O)NC(=O)CCCc2c[nH]c3ccccc23)c1. The maximum Gasteiger partial charge on any atom is 0.306 e. The molecular weight excluding hydrogens is 368 g/mol. The molecule has 0 saturated carbocycles. The Morgan fingerprint density at radius 3 is 2.72 bits per heavy atom. The van der Waals surface area contributed by atoms with Crippen LogP contribution in [0.3, 0.4) is 0 Å². The van der Waals surface area contributed by atoms with Crippen LogP contribution in [0, 0.1) is 0 Å². The van der Waals surface area contributed by atoms with Crippen LogP contribution in [0.1, 0.15) is 37.3 Å². The predicted molar refractivity (Wildman–Crippen MR) is 112 cm³/mol. The Hall–Kier alpha value is -3.28. The number of carboxylic acids is 1. The van der Waals surface area contributed by atoms with Crippen molar-refractivity contribution >= 4 is 22.8 Å². The number of benzene rings is 2. The van der Waals surface area contributed by atoms with Gasteiger partial charge in [0.25, 0.3) is 0 Å². The summed E-state index contributed by atoms with van der Waals surface area (Å²) in [5, 5.41) is 13.5. The Labute approximate surface area is 169 Å². The van der Waals surface area contributed by atoms with Gasteiger partial charge in [0.05, 0.1) is 19.1 Å². The monoisotopic (exact) mass is 394 g/mol. The number of amides is 1. The lowest BCUT2D eigenvalue weighted by Gasteiger charge is -2.30. The van der Waals surface area contributed by atoms with Crippen molar-refractivity contribution in [2.45, 2.75) is 38.1 Å². The number of aromatic nitrogens is 1. The van der Waals surface area contributed by atoms with Crippen LogP contribution >= 0.6 is 0 Å². The van der Waals surface area contributed by atoms with Crippen molar-refractivity contribution in [1.82, 2.24) is 10.3 Å². The summed E-state index contributed by atoms with van der Waals surface area (Å²) < 4.78 is 5.24. The number of H-pyrrole nitrogens is 1. The fourth-order valence-electron chi connectivity index (χ4n) is 3.64. The number of hydrogen-bond acceptors (Lipinski definition) is 3. The van der Waals surface area contributed by atoms with Gasteiger partial charge in [0.2, 0.25) is 5.91 Å². The summed E-state index contributed by atoms with van der Waals surface area (Å²) in [7, 11) is 1.55. The van der Waals surface area contributed by atoms with Gasteiger partial charge in [-0.1, -0.05) is 30.3 Å². The number of carboxylic acid groups (broad SMARTS) is 1. The summed E-state index contributed by atoms with van der Waals surface area (Å²) in [4.78, 5) is 27.3. The highest BCUT2D eigenvalue weighted by Gasteiger charge is 2.31. The van der Waals surface area contributed by atoms with E-state index in [4.69, 9.17) is 4.74 Å². The highest BCUT2D eigenvalue weighted by atomic mass is 16.5. The molecule has 1 unspecified atom stereocenters. The standard InChI is InChI=1S/C23H26N2O4/c1-23(14-22(27)28,17-8-6-9-18(13-17)29-2)25-21(26)12-5-7-16-15-24-20-11-4-3-10-19(16)20/h3-4,6,8-11,13,15,24H,5,7,12,14H2,1-2H3,(H,25,26)(H,27,28). The summed E-state index contributed by atoms with van der Waals surface area (Å²) in [5.74, 6) is -0.529. The lowest BCUT2D eigenvalue weighted by atomic mass is 9.88. The van der Waals surface area contributed by atoms with E-state index in [1.807, 2.05) is 24.4 Å². The van der Waals surface area contributed by atoms with E-state index in [2.05, 4.69) is 16.4 Å². The number of aromatic amines is 1. The summed E-state index contributed by atoms with van der Waals surface area (Å²) in [6, 6.07) is 15.2. The van der Waals surface area contributed by atoms with Gasteiger partial charge in [0.15, 0.2) is 0 Å².